The van der Waals surface area contributed by atoms with Gasteiger partial charge in [-0.2, -0.15) is 0 Å². The Balaban J connectivity index is 2.00. The Kier molecular flexibility index (Phi) is 2.26. The van der Waals surface area contributed by atoms with Crippen molar-refractivity contribution in [3.63, 3.8) is 0 Å². The minimum absolute atomic E-state index is 0.396. The minimum Gasteiger partial charge on any atom is -0.256 e. The third-order valence-corrected chi connectivity index (χ3v) is 4.94. The molecule has 1 aliphatic carbocycles. The van der Waals surface area contributed by atoms with Gasteiger partial charge in [0, 0.05) is 17.7 Å². The van der Waals surface area contributed by atoms with Crippen LogP contribution in [0, 0.1) is 0 Å². The Morgan fingerprint density at radius 3 is 2.59 bits per heavy atom. The number of hydrogen-bond acceptors (Lipinski definition) is 1. The molecule has 1 heteroatoms. The molecule has 0 aliphatic heterocycles. The molecule has 0 saturated carbocycles. The average Bonchev–Trinajstić information content (AvgIpc) is 2.88. The molecule has 0 bridgehead atoms. The minimum atomic E-state index is 0.396. The van der Waals surface area contributed by atoms with Crippen LogP contribution in [0.25, 0.3) is 32.8 Å². The molecule has 0 spiro atoms. The van der Waals surface area contributed by atoms with E-state index < -0.39 is 0 Å². The van der Waals surface area contributed by atoms with Crippen molar-refractivity contribution in [2.45, 2.75) is 12.8 Å². The van der Waals surface area contributed by atoms with Crippen molar-refractivity contribution in [3.8, 4) is 11.3 Å². The van der Waals surface area contributed by atoms with Crippen molar-refractivity contribution in [1.29, 1.82) is 0 Å². The number of hydrogen-bond donors (Lipinski definition) is 0. The molecule has 1 atom stereocenters. The van der Waals surface area contributed by atoms with Crippen molar-refractivity contribution in [2.24, 2.45) is 0 Å². The molecule has 0 radical (unpaired) electrons. The van der Waals surface area contributed by atoms with E-state index in [1.807, 2.05) is 12.3 Å². The molecular formula is C21H15N. The van der Waals surface area contributed by atoms with Crippen LogP contribution in [0.1, 0.15) is 24.0 Å². The number of nitrogens with zero attached hydrogens (tertiary/aromatic N) is 1. The number of fused-ring (bicyclic) bond motifs is 7. The van der Waals surface area contributed by atoms with Gasteiger partial charge in [-0.15, -0.1) is 0 Å². The third kappa shape index (κ3) is 1.41. The van der Waals surface area contributed by atoms with Crippen LogP contribution in [-0.4, -0.2) is 4.98 Å². The molecule has 1 heterocycles. The molecule has 0 N–H and O–H groups in total. The lowest BCUT2D eigenvalue weighted by Crippen LogP contribution is -1.92. The Morgan fingerprint density at radius 2 is 1.64 bits per heavy atom. The maximum Gasteiger partial charge on any atom is 0.0743 e. The predicted molar refractivity (Wildman–Crippen MR) is 92.2 cm³/mol. The first-order valence-electron chi connectivity index (χ1n) is 7.74. The van der Waals surface area contributed by atoms with Gasteiger partial charge in [0.1, 0.15) is 0 Å². The maximum absolute atomic E-state index is 4.64. The van der Waals surface area contributed by atoms with Crippen LogP contribution in [0.3, 0.4) is 0 Å². The van der Waals surface area contributed by atoms with Crippen LogP contribution < -0.4 is 0 Å². The SMILES string of the molecule is CC1c2cccnc2-c2ccc3ccc4ccccc4c3c21. The highest BCUT2D eigenvalue weighted by Gasteiger charge is 2.28. The number of rotatable bonds is 0. The van der Waals surface area contributed by atoms with Crippen LogP contribution in [0.2, 0.25) is 0 Å². The highest BCUT2D eigenvalue weighted by molar-refractivity contribution is 6.12. The fourth-order valence-electron chi connectivity index (χ4n) is 3.93. The molecule has 1 aromatic heterocycles. The molecule has 3 aromatic carbocycles. The second-order valence-corrected chi connectivity index (χ2v) is 6.07. The molecule has 1 aliphatic rings. The van der Waals surface area contributed by atoms with Gasteiger partial charge in [0.15, 0.2) is 0 Å². The van der Waals surface area contributed by atoms with Crippen LogP contribution in [-0.2, 0) is 0 Å². The van der Waals surface area contributed by atoms with Gasteiger partial charge >= 0.3 is 0 Å². The summed E-state index contributed by atoms with van der Waals surface area (Å²) in [5.74, 6) is 0.396. The molecule has 104 valence electrons. The lowest BCUT2D eigenvalue weighted by Gasteiger charge is -2.13. The summed E-state index contributed by atoms with van der Waals surface area (Å²) in [7, 11) is 0. The second kappa shape index (κ2) is 4.17. The summed E-state index contributed by atoms with van der Waals surface area (Å²) in [6.07, 6.45) is 1.90. The Labute approximate surface area is 129 Å². The highest BCUT2D eigenvalue weighted by Crippen LogP contribution is 2.47. The standard InChI is InChI=1S/C21H15N/c1-13-16-7-4-12-22-21(16)18-11-10-15-9-8-14-5-2-3-6-17(14)20(15)19(13)18/h2-13H,1H3. The molecule has 4 aromatic rings. The molecule has 0 amide bonds. The van der Waals surface area contributed by atoms with Gasteiger partial charge in [-0.25, -0.2) is 0 Å². The van der Waals surface area contributed by atoms with E-state index in [-0.39, 0.29) is 0 Å². The topological polar surface area (TPSA) is 12.9 Å². The first kappa shape index (κ1) is 11.9. The van der Waals surface area contributed by atoms with E-state index in [0.717, 1.165) is 5.69 Å². The van der Waals surface area contributed by atoms with Crippen LogP contribution in [0.4, 0.5) is 0 Å². The Hall–Kier alpha value is -2.67. The van der Waals surface area contributed by atoms with Crippen LogP contribution >= 0.6 is 0 Å². The predicted octanol–water partition coefficient (Wildman–Crippen LogP) is 5.52. The van der Waals surface area contributed by atoms with Gasteiger partial charge in [0.2, 0.25) is 0 Å². The van der Waals surface area contributed by atoms with E-state index in [9.17, 15) is 0 Å². The van der Waals surface area contributed by atoms with E-state index in [4.69, 9.17) is 0 Å². The molecule has 1 unspecified atom stereocenters. The molecule has 22 heavy (non-hydrogen) atoms. The summed E-state index contributed by atoms with van der Waals surface area (Å²) in [5.41, 5.74) is 5.23. The number of aromatic nitrogens is 1. The number of pyridine rings is 1. The van der Waals surface area contributed by atoms with E-state index in [1.54, 1.807) is 0 Å². The lowest BCUT2D eigenvalue weighted by molar-refractivity contribution is 0.962. The zero-order chi connectivity index (χ0) is 14.7. The maximum atomic E-state index is 4.64. The van der Waals surface area contributed by atoms with E-state index >= 15 is 0 Å². The van der Waals surface area contributed by atoms with Gasteiger partial charge in [-0.05, 0) is 38.7 Å². The first-order valence-corrected chi connectivity index (χ1v) is 7.74. The van der Waals surface area contributed by atoms with Gasteiger partial charge in [-0.3, -0.25) is 4.98 Å². The normalized spacial score (nSPS) is 16.0. The molecule has 0 fully saturated rings. The van der Waals surface area contributed by atoms with Gasteiger partial charge in [0.25, 0.3) is 0 Å². The summed E-state index contributed by atoms with van der Waals surface area (Å²) in [4.78, 5) is 4.64. The molecule has 5 rings (SSSR count). The quantitative estimate of drug-likeness (QED) is 0.387. The largest absolute Gasteiger partial charge is 0.256 e. The highest BCUT2D eigenvalue weighted by atomic mass is 14.7. The van der Waals surface area contributed by atoms with Crippen molar-refractivity contribution in [3.05, 3.63) is 78.0 Å². The van der Waals surface area contributed by atoms with Gasteiger partial charge < -0.3 is 0 Å². The zero-order valence-electron chi connectivity index (χ0n) is 12.4. The molecular weight excluding hydrogens is 266 g/mol. The van der Waals surface area contributed by atoms with Crippen molar-refractivity contribution in [1.82, 2.24) is 4.98 Å². The Bertz CT molecular complexity index is 1050. The third-order valence-electron chi connectivity index (χ3n) is 4.94. The van der Waals surface area contributed by atoms with Crippen LogP contribution in [0.15, 0.2) is 66.9 Å². The summed E-state index contributed by atoms with van der Waals surface area (Å²) >= 11 is 0. The monoisotopic (exact) mass is 281 g/mol. The van der Waals surface area contributed by atoms with Gasteiger partial charge in [0.05, 0.1) is 5.69 Å². The lowest BCUT2D eigenvalue weighted by atomic mass is 9.90. The Morgan fingerprint density at radius 1 is 0.818 bits per heavy atom. The first-order chi connectivity index (χ1) is 10.8. The summed E-state index contributed by atoms with van der Waals surface area (Å²) in [6.45, 7) is 2.30. The van der Waals surface area contributed by atoms with Gasteiger partial charge in [-0.1, -0.05) is 61.5 Å². The summed E-state index contributed by atoms with van der Waals surface area (Å²) in [6, 6.07) is 21.9. The summed E-state index contributed by atoms with van der Waals surface area (Å²) < 4.78 is 0. The summed E-state index contributed by atoms with van der Waals surface area (Å²) in [5, 5.41) is 5.36. The smallest absolute Gasteiger partial charge is 0.0743 e. The molecule has 1 nitrogen and oxygen atoms in total. The second-order valence-electron chi connectivity index (χ2n) is 6.07. The fraction of sp³-hybridized carbons (Fsp3) is 0.0952. The molecule has 0 saturated heterocycles. The van der Waals surface area contributed by atoms with E-state index in [1.165, 1.54) is 38.2 Å². The fourth-order valence-corrected chi connectivity index (χ4v) is 3.93. The van der Waals surface area contributed by atoms with Crippen molar-refractivity contribution < 1.29 is 0 Å². The van der Waals surface area contributed by atoms with Crippen molar-refractivity contribution in [2.75, 3.05) is 0 Å². The van der Waals surface area contributed by atoms with Crippen molar-refractivity contribution >= 4 is 21.5 Å². The average molecular weight is 281 g/mol. The zero-order valence-corrected chi connectivity index (χ0v) is 12.4. The van der Waals surface area contributed by atoms with E-state index in [0.29, 0.717) is 5.92 Å². The van der Waals surface area contributed by atoms with E-state index in [2.05, 4.69) is 66.5 Å². The number of benzene rings is 3. The van der Waals surface area contributed by atoms with Crippen LogP contribution in [0.5, 0.6) is 0 Å².